The van der Waals surface area contributed by atoms with Crippen LogP contribution in [0.3, 0.4) is 0 Å². The maximum Gasteiger partial charge on any atom is 0.151 e. The lowest BCUT2D eigenvalue weighted by atomic mass is 10.2. The zero-order valence-electron chi connectivity index (χ0n) is 9.56. The molecule has 0 bridgehead atoms. The van der Waals surface area contributed by atoms with Gasteiger partial charge < -0.3 is 5.11 Å². The number of rotatable bonds is 2. The highest BCUT2D eigenvalue weighted by molar-refractivity contribution is 9.11. The highest BCUT2D eigenvalue weighted by Crippen LogP contribution is 2.30. The van der Waals surface area contributed by atoms with Crippen molar-refractivity contribution in [1.29, 1.82) is 0 Å². The van der Waals surface area contributed by atoms with E-state index in [9.17, 15) is 5.11 Å². The Morgan fingerprint density at radius 3 is 2.72 bits per heavy atom. The number of halogens is 2. The zero-order chi connectivity index (χ0) is 13.1. The van der Waals surface area contributed by atoms with E-state index in [1.165, 1.54) is 0 Å². The highest BCUT2D eigenvalue weighted by Gasteiger charge is 2.05. The van der Waals surface area contributed by atoms with Gasteiger partial charge >= 0.3 is 0 Å². The number of aromatic nitrogens is 1. The van der Waals surface area contributed by atoms with E-state index < -0.39 is 0 Å². The Labute approximate surface area is 122 Å². The Morgan fingerprint density at radius 1 is 1.28 bits per heavy atom. The number of pyridine rings is 1. The van der Waals surface area contributed by atoms with Crippen LogP contribution < -0.4 is 0 Å². The third kappa shape index (κ3) is 3.17. The molecule has 0 saturated heterocycles. The van der Waals surface area contributed by atoms with Gasteiger partial charge in [-0.05, 0) is 46.6 Å². The van der Waals surface area contributed by atoms with Crippen molar-refractivity contribution in [2.45, 2.75) is 6.92 Å². The van der Waals surface area contributed by atoms with Crippen LogP contribution in [0.4, 0.5) is 5.82 Å². The van der Waals surface area contributed by atoms with E-state index in [0.717, 1.165) is 10.0 Å². The van der Waals surface area contributed by atoms with Crippen molar-refractivity contribution in [3.05, 3.63) is 50.5 Å². The molecule has 0 spiro atoms. The minimum Gasteiger partial charge on any atom is -0.506 e. The van der Waals surface area contributed by atoms with Gasteiger partial charge in [0.1, 0.15) is 5.75 Å². The summed E-state index contributed by atoms with van der Waals surface area (Å²) in [6.07, 6.45) is 3.34. The largest absolute Gasteiger partial charge is 0.506 e. The predicted octanol–water partition coefficient (Wildman–Crippen LogP) is 4.37. The van der Waals surface area contributed by atoms with E-state index in [1.54, 1.807) is 24.5 Å². The first kappa shape index (κ1) is 13.2. The molecule has 1 aromatic carbocycles. The first-order valence-corrected chi connectivity index (χ1v) is 6.79. The standard InChI is InChI=1S/C13H10Br2N2O/c1-8-2-3-12(16-6-8)17-7-9-4-10(14)5-11(15)13(9)18/h2-7,18H,1H3. The number of phenolic OH excluding ortho intramolecular Hbond substituents is 1. The topological polar surface area (TPSA) is 45.5 Å². The van der Waals surface area contributed by atoms with Crippen molar-refractivity contribution >= 4 is 43.9 Å². The molecule has 0 amide bonds. The van der Waals surface area contributed by atoms with Crippen molar-refractivity contribution < 1.29 is 5.11 Å². The minimum absolute atomic E-state index is 0.161. The van der Waals surface area contributed by atoms with E-state index in [4.69, 9.17) is 0 Å². The van der Waals surface area contributed by atoms with Crippen LogP contribution in [0, 0.1) is 6.92 Å². The van der Waals surface area contributed by atoms with Gasteiger partial charge in [-0.1, -0.05) is 22.0 Å². The molecule has 3 nitrogen and oxygen atoms in total. The fourth-order valence-electron chi connectivity index (χ4n) is 1.36. The summed E-state index contributed by atoms with van der Waals surface area (Å²) in [5.74, 6) is 0.769. The lowest BCUT2D eigenvalue weighted by molar-refractivity contribution is 0.471. The molecule has 0 aliphatic carbocycles. The number of aryl methyl sites for hydroxylation is 1. The summed E-state index contributed by atoms with van der Waals surface area (Å²) in [5.41, 5.74) is 1.71. The second-order valence-electron chi connectivity index (χ2n) is 3.78. The van der Waals surface area contributed by atoms with Gasteiger partial charge in [0.2, 0.25) is 0 Å². The molecule has 2 aromatic rings. The van der Waals surface area contributed by atoms with Crippen LogP contribution in [0.5, 0.6) is 5.75 Å². The van der Waals surface area contributed by atoms with Crippen LogP contribution in [0.2, 0.25) is 0 Å². The molecule has 5 heteroatoms. The van der Waals surface area contributed by atoms with Gasteiger partial charge in [-0.25, -0.2) is 9.98 Å². The lowest BCUT2D eigenvalue weighted by Crippen LogP contribution is -1.85. The Morgan fingerprint density at radius 2 is 2.06 bits per heavy atom. The van der Waals surface area contributed by atoms with Gasteiger partial charge in [-0.15, -0.1) is 0 Å². The summed E-state index contributed by atoms with van der Waals surface area (Å²) in [6, 6.07) is 7.33. The van der Waals surface area contributed by atoms with Crippen LogP contribution in [0.15, 0.2) is 44.4 Å². The minimum atomic E-state index is 0.161. The van der Waals surface area contributed by atoms with Crippen molar-refractivity contribution in [1.82, 2.24) is 4.98 Å². The second-order valence-corrected chi connectivity index (χ2v) is 5.55. The molecule has 0 atom stereocenters. The normalized spacial score (nSPS) is 11.1. The molecule has 0 aliphatic heterocycles. The zero-order valence-corrected chi connectivity index (χ0v) is 12.7. The fraction of sp³-hybridized carbons (Fsp3) is 0.0769. The molecule has 0 unspecified atom stereocenters. The SMILES string of the molecule is Cc1ccc(N=Cc2cc(Br)cc(Br)c2O)nc1. The van der Waals surface area contributed by atoms with Gasteiger partial charge in [-0.3, -0.25) is 0 Å². The summed E-state index contributed by atoms with van der Waals surface area (Å²) < 4.78 is 1.49. The molecule has 1 heterocycles. The molecule has 92 valence electrons. The van der Waals surface area contributed by atoms with Crippen LogP contribution in [0.1, 0.15) is 11.1 Å². The molecule has 1 N–H and O–H groups in total. The Balaban J connectivity index is 2.31. The number of benzene rings is 1. The summed E-state index contributed by atoms with van der Waals surface area (Å²) in [4.78, 5) is 8.39. The molecule has 0 fully saturated rings. The van der Waals surface area contributed by atoms with Gasteiger partial charge in [-0.2, -0.15) is 0 Å². The monoisotopic (exact) mass is 368 g/mol. The maximum atomic E-state index is 9.86. The van der Waals surface area contributed by atoms with Crippen LogP contribution >= 0.6 is 31.9 Å². The highest BCUT2D eigenvalue weighted by atomic mass is 79.9. The number of nitrogens with zero attached hydrogens (tertiary/aromatic N) is 2. The van der Waals surface area contributed by atoms with Crippen LogP contribution in [-0.2, 0) is 0 Å². The quantitative estimate of drug-likeness (QED) is 0.798. The van der Waals surface area contributed by atoms with Crippen LogP contribution in [-0.4, -0.2) is 16.3 Å². The number of aromatic hydroxyl groups is 1. The van der Waals surface area contributed by atoms with Crippen molar-refractivity contribution in [2.24, 2.45) is 4.99 Å². The first-order valence-electron chi connectivity index (χ1n) is 5.21. The Hall–Kier alpha value is -1.20. The van der Waals surface area contributed by atoms with Gasteiger partial charge in [0.25, 0.3) is 0 Å². The van der Waals surface area contributed by atoms with Gasteiger partial charge in [0, 0.05) is 22.4 Å². The molecule has 0 radical (unpaired) electrons. The predicted molar refractivity (Wildman–Crippen MR) is 79.7 cm³/mol. The lowest BCUT2D eigenvalue weighted by Gasteiger charge is -2.02. The number of phenols is 1. The molecule has 2 rings (SSSR count). The first-order chi connectivity index (χ1) is 8.56. The second kappa shape index (κ2) is 5.63. The molecule has 0 aliphatic rings. The average Bonchev–Trinajstić information content (AvgIpc) is 2.34. The van der Waals surface area contributed by atoms with Gasteiger partial charge in [0.05, 0.1) is 4.47 Å². The van der Waals surface area contributed by atoms with Crippen molar-refractivity contribution in [3.63, 3.8) is 0 Å². The van der Waals surface area contributed by atoms with Crippen molar-refractivity contribution in [3.8, 4) is 5.75 Å². The fourth-order valence-corrected chi connectivity index (χ4v) is 2.61. The van der Waals surface area contributed by atoms with E-state index in [-0.39, 0.29) is 5.75 Å². The van der Waals surface area contributed by atoms with Gasteiger partial charge in [0.15, 0.2) is 5.82 Å². The smallest absolute Gasteiger partial charge is 0.151 e. The Bertz CT molecular complexity index is 595. The number of aliphatic imine (C=N–C) groups is 1. The van der Waals surface area contributed by atoms with E-state index in [0.29, 0.717) is 15.9 Å². The number of hydrogen-bond acceptors (Lipinski definition) is 3. The number of hydrogen-bond donors (Lipinski definition) is 1. The summed E-state index contributed by atoms with van der Waals surface area (Å²) in [6.45, 7) is 1.97. The molecule has 1 aromatic heterocycles. The van der Waals surface area contributed by atoms with E-state index >= 15 is 0 Å². The van der Waals surface area contributed by atoms with E-state index in [1.807, 2.05) is 19.1 Å². The average molecular weight is 370 g/mol. The Kier molecular flexibility index (Phi) is 4.14. The third-order valence-electron chi connectivity index (χ3n) is 2.29. The van der Waals surface area contributed by atoms with Crippen molar-refractivity contribution in [2.75, 3.05) is 0 Å². The molecular weight excluding hydrogens is 360 g/mol. The maximum absolute atomic E-state index is 9.86. The van der Waals surface area contributed by atoms with Crippen LogP contribution in [0.25, 0.3) is 0 Å². The molecular formula is C13H10Br2N2O. The summed E-state index contributed by atoms with van der Waals surface area (Å²) in [7, 11) is 0. The molecule has 18 heavy (non-hydrogen) atoms. The third-order valence-corrected chi connectivity index (χ3v) is 3.35. The molecule has 0 saturated carbocycles. The summed E-state index contributed by atoms with van der Waals surface area (Å²) in [5, 5.41) is 9.86. The summed E-state index contributed by atoms with van der Waals surface area (Å²) >= 11 is 6.64. The van der Waals surface area contributed by atoms with E-state index in [2.05, 4.69) is 41.8 Å².